The van der Waals surface area contributed by atoms with Crippen LogP contribution in [0.2, 0.25) is 0 Å². The van der Waals surface area contributed by atoms with E-state index in [2.05, 4.69) is 9.53 Å². The second kappa shape index (κ2) is 4.85. The molecule has 0 amide bonds. The summed E-state index contributed by atoms with van der Waals surface area (Å²) in [7, 11) is 0. The lowest BCUT2D eigenvalue weighted by molar-refractivity contribution is -0.140. The van der Waals surface area contributed by atoms with Crippen molar-refractivity contribution in [1.82, 2.24) is 0 Å². The number of rotatable bonds is 3. The minimum Gasteiger partial charge on any atom is -0.452 e. The van der Waals surface area contributed by atoms with E-state index in [0.717, 1.165) is 5.56 Å². The van der Waals surface area contributed by atoms with Crippen LogP contribution in [0.15, 0.2) is 30.3 Å². The Labute approximate surface area is 76.8 Å². The molecule has 1 rings (SSSR count). The van der Waals surface area contributed by atoms with E-state index < -0.39 is 12.2 Å². The molecule has 0 atom stereocenters. The first-order chi connectivity index (χ1) is 6.74. The van der Waals surface area contributed by atoms with E-state index >= 15 is 0 Å². The Morgan fingerprint density at radius 3 is 2.92 bits per heavy atom. The highest BCUT2D eigenvalue weighted by Crippen LogP contribution is 1.99. The molecule has 13 heavy (non-hydrogen) atoms. The van der Waals surface area contributed by atoms with Crippen molar-refractivity contribution >= 4 is 12.2 Å². The molecular weight excluding hydrogens is 168 g/mol. The van der Waals surface area contributed by atoms with E-state index in [1.807, 2.05) is 18.2 Å². The third kappa shape index (κ3) is 3.31. The van der Waals surface area contributed by atoms with E-state index in [4.69, 9.17) is 6.90 Å². The minimum atomic E-state index is -0.948. The lowest BCUT2D eigenvalue weighted by atomic mass is 10.2. The molecule has 0 aliphatic heterocycles. The molecule has 0 N–H and O–H groups in total. The number of ether oxygens (including phenoxy) is 1. The van der Waals surface area contributed by atoms with Gasteiger partial charge in [0.25, 0.3) is 0 Å². The molecule has 0 aliphatic carbocycles. The van der Waals surface area contributed by atoms with Crippen molar-refractivity contribution in [3.05, 3.63) is 41.4 Å². The highest BCUT2D eigenvalue weighted by Gasteiger charge is 2.02. The number of hydrogen-bond donors (Lipinski definition) is 0. The van der Waals surface area contributed by atoms with Crippen LogP contribution in [0.3, 0.4) is 0 Å². The zero-order valence-electron chi connectivity index (χ0n) is 7.80. The molecule has 0 radical (unpaired) electrons. The van der Waals surface area contributed by atoms with Crippen LogP contribution < -0.4 is 0 Å². The molecule has 0 spiro atoms. The molecule has 0 bridgehead atoms. The molecular formula is C9H8N2O2. The Morgan fingerprint density at radius 1 is 1.62 bits per heavy atom. The zero-order chi connectivity index (χ0) is 10.4. The van der Waals surface area contributed by atoms with Crippen LogP contribution in [0.4, 0.5) is 0 Å². The van der Waals surface area contributed by atoms with Gasteiger partial charge in [0.05, 0.1) is 0 Å². The van der Waals surface area contributed by atoms with Crippen molar-refractivity contribution in [1.29, 1.82) is 0 Å². The van der Waals surface area contributed by atoms with Crippen LogP contribution >= 0.6 is 0 Å². The molecule has 0 aromatic heterocycles. The number of hydrogen-bond acceptors (Lipinski definition) is 2. The van der Waals surface area contributed by atoms with Crippen molar-refractivity contribution in [2.45, 2.75) is 6.61 Å². The molecule has 0 unspecified atom stereocenters. The Balaban J connectivity index is 2.50. The van der Waals surface area contributed by atoms with Crippen molar-refractivity contribution < 1.29 is 15.7 Å². The summed E-state index contributed by atoms with van der Waals surface area (Å²) in [5, 5.41) is 0. The predicted molar refractivity (Wildman–Crippen MR) is 45.9 cm³/mol. The first kappa shape index (κ1) is 7.71. The fraction of sp³-hybridized carbons (Fsp3) is 0.111. The summed E-state index contributed by atoms with van der Waals surface area (Å²) >= 11 is 0. The zero-order valence-corrected chi connectivity index (χ0v) is 6.80. The van der Waals surface area contributed by atoms with Gasteiger partial charge in [0, 0.05) is 0 Å². The van der Waals surface area contributed by atoms with Gasteiger partial charge in [-0.3, -0.25) is 0 Å². The van der Waals surface area contributed by atoms with Gasteiger partial charge in [-0.15, -0.1) is 0 Å². The second-order valence-corrected chi connectivity index (χ2v) is 2.27. The highest BCUT2D eigenvalue weighted by atomic mass is 16.5. The largest absolute Gasteiger partial charge is 0.452 e. The molecule has 1 aromatic carbocycles. The summed E-state index contributed by atoms with van der Waals surface area (Å²) in [5.41, 5.74) is 8.91. The van der Waals surface area contributed by atoms with Gasteiger partial charge < -0.3 is 10.3 Å². The van der Waals surface area contributed by atoms with Crippen molar-refractivity contribution in [3.8, 4) is 0 Å². The van der Waals surface area contributed by atoms with Gasteiger partial charge in [-0.05, 0) is 5.56 Å². The van der Waals surface area contributed by atoms with Gasteiger partial charge >= 0.3 is 12.2 Å². The fourth-order valence-corrected chi connectivity index (χ4v) is 0.796. The summed E-state index contributed by atoms with van der Waals surface area (Å²) in [5.74, 6) is -0.948. The summed E-state index contributed by atoms with van der Waals surface area (Å²) in [6.45, 7) is 0.0670. The third-order valence-electron chi connectivity index (χ3n) is 1.35. The van der Waals surface area contributed by atoms with Crippen LogP contribution in [0, 0.1) is 0 Å². The number of carbonyl (C=O) groups is 1. The standard InChI is InChI=1S/C9H8N2O2/c10-11-6-9(12)13-7-8-4-2-1-3-5-8/h1-6H,7H2/i6D. The first-order valence-electron chi connectivity index (χ1n) is 4.13. The smallest absolute Gasteiger partial charge is 0.413 e. The SMILES string of the molecule is [2H]C(=[N+]=[N-])C(=O)OCc1ccccc1. The maximum absolute atomic E-state index is 10.8. The van der Waals surface area contributed by atoms with E-state index in [1.165, 1.54) is 0 Å². The van der Waals surface area contributed by atoms with Gasteiger partial charge in [0.2, 0.25) is 0 Å². The second-order valence-electron chi connectivity index (χ2n) is 2.27. The van der Waals surface area contributed by atoms with E-state index in [9.17, 15) is 4.79 Å². The highest BCUT2D eigenvalue weighted by molar-refractivity contribution is 6.20. The monoisotopic (exact) mass is 177 g/mol. The Bertz CT molecular complexity index is 372. The topological polar surface area (TPSA) is 62.7 Å². The molecule has 4 nitrogen and oxygen atoms in total. The Hall–Kier alpha value is -1.93. The molecule has 0 heterocycles. The molecule has 66 valence electrons. The maximum atomic E-state index is 10.8. The average Bonchev–Trinajstić information content (AvgIpc) is 2.26. The summed E-state index contributed by atoms with van der Waals surface area (Å²) in [6.07, 6.45) is -0.805. The van der Waals surface area contributed by atoms with Gasteiger partial charge in [-0.25, -0.2) is 4.79 Å². The normalized spacial score (nSPS) is 9.69. The number of carbonyl (C=O) groups excluding carboxylic acids is 1. The van der Waals surface area contributed by atoms with Gasteiger partial charge in [-0.2, -0.15) is 4.79 Å². The molecule has 0 saturated heterocycles. The van der Waals surface area contributed by atoms with Crippen LogP contribution in [0.25, 0.3) is 5.53 Å². The molecule has 1 aromatic rings. The summed E-state index contributed by atoms with van der Waals surface area (Å²) in [6, 6.07) is 9.03. The van der Waals surface area contributed by atoms with Gasteiger partial charge in [0.15, 0.2) is 1.37 Å². The average molecular weight is 177 g/mol. The van der Waals surface area contributed by atoms with Crippen LogP contribution in [-0.4, -0.2) is 16.9 Å². The molecule has 0 saturated carbocycles. The fourth-order valence-electron chi connectivity index (χ4n) is 0.796. The molecule has 4 heteroatoms. The summed E-state index contributed by atoms with van der Waals surface area (Å²) < 4.78 is 11.5. The van der Waals surface area contributed by atoms with Crippen LogP contribution in [0.1, 0.15) is 6.93 Å². The minimum absolute atomic E-state index is 0.0670. The lowest BCUT2D eigenvalue weighted by Crippen LogP contribution is -2.05. The van der Waals surface area contributed by atoms with Crippen LogP contribution in [-0.2, 0) is 16.1 Å². The maximum Gasteiger partial charge on any atom is 0.413 e. The van der Waals surface area contributed by atoms with E-state index in [0.29, 0.717) is 0 Å². The van der Waals surface area contributed by atoms with E-state index in [1.54, 1.807) is 12.1 Å². The quantitative estimate of drug-likeness (QED) is 0.299. The van der Waals surface area contributed by atoms with Crippen molar-refractivity contribution in [2.24, 2.45) is 0 Å². The number of esters is 1. The van der Waals surface area contributed by atoms with Gasteiger partial charge in [-0.1, -0.05) is 30.3 Å². The molecule has 0 fully saturated rings. The third-order valence-corrected chi connectivity index (χ3v) is 1.35. The number of nitrogens with zero attached hydrogens (tertiary/aromatic N) is 2. The van der Waals surface area contributed by atoms with Crippen molar-refractivity contribution in [3.63, 3.8) is 0 Å². The van der Waals surface area contributed by atoms with Crippen molar-refractivity contribution in [2.75, 3.05) is 0 Å². The summed E-state index contributed by atoms with van der Waals surface area (Å²) in [4.78, 5) is 13.3. The molecule has 0 aliphatic rings. The van der Waals surface area contributed by atoms with Gasteiger partial charge in [0.1, 0.15) is 6.61 Å². The Morgan fingerprint density at radius 2 is 2.31 bits per heavy atom. The Kier molecular flexibility index (Phi) is 2.87. The lowest BCUT2D eigenvalue weighted by Gasteiger charge is -1.98. The van der Waals surface area contributed by atoms with E-state index in [-0.39, 0.29) is 6.61 Å². The predicted octanol–water partition coefficient (Wildman–Crippen LogP) is 1.03. The van der Waals surface area contributed by atoms with Crippen LogP contribution in [0.5, 0.6) is 0 Å². The first-order valence-corrected chi connectivity index (χ1v) is 3.63. The number of benzene rings is 1.